The van der Waals surface area contributed by atoms with Gasteiger partial charge in [-0.2, -0.15) is 0 Å². The van der Waals surface area contributed by atoms with Crippen LogP contribution in [-0.2, 0) is 14.2 Å². The third-order valence-corrected chi connectivity index (χ3v) is 4.23. The summed E-state index contributed by atoms with van der Waals surface area (Å²) in [5.41, 5.74) is -0.591. The van der Waals surface area contributed by atoms with Crippen LogP contribution >= 0.6 is 0 Å². The summed E-state index contributed by atoms with van der Waals surface area (Å²) >= 11 is 0. The monoisotopic (exact) mass is 286 g/mol. The molecule has 0 N–H and O–H groups in total. The molecule has 0 aliphatic heterocycles. The number of non-ortho nitro benzene ring substituents is 1. The first-order chi connectivity index (χ1) is 8.68. The molecule has 0 aromatic heterocycles. The highest BCUT2D eigenvalue weighted by molar-refractivity contribution is 7.89. The molecule has 0 radical (unpaired) electrons. The van der Waals surface area contributed by atoms with Crippen molar-refractivity contribution in [2.24, 2.45) is 4.36 Å². The van der Waals surface area contributed by atoms with Gasteiger partial charge < -0.3 is 0 Å². The molecule has 0 saturated heterocycles. The van der Waals surface area contributed by atoms with E-state index in [9.17, 15) is 14.3 Å². The van der Waals surface area contributed by atoms with Crippen LogP contribution in [0.25, 0.3) is 0 Å². The van der Waals surface area contributed by atoms with E-state index in [2.05, 4.69) is 4.36 Å². The van der Waals surface area contributed by atoms with Crippen molar-refractivity contribution in [3.63, 3.8) is 0 Å². The molecule has 0 heterocycles. The van der Waals surface area contributed by atoms with Crippen molar-refractivity contribution in [3.05, 3.63) is 34.4 Å². The van der Waals surface area contributed by atoms with Crippen LogP contribution in [0, 0.1) is 10.1 Å². The third-order valence-electron chi connectivity index (χ3n) is 2.02. The molecule has 1 aromatic rings. The smallest absolute Gasteiger partial charge is 0.269 e. The van der Waals surface area contributed by atoms with Crippen molar-refractivity contribution in [1.82, 2.24) is 0 Å². The number of nitro groups is 1. The first-order valence-corrected chi connectivity index (χ1v) is 7.29. The molecule has 1 rings (SSSR count). The van der Waals surface area contributed by atoms with Crippen LogP contribution in [0.2, 0.25) is 0 Å². The van der Waals surface area contributed by atoms with Crippen molar-refractivity contribution in [2.45, 2.75) is 38.1 Å². The van der Waals surface area contributed by atoms with Gasteiger partial charge in [-0.1, -0.05) is 0 Å². The van der Waals surface area contributed by atoms with Crippen LogP contribution in [-0.4, -0.2) is 21.3 Å². The topological polar surface area (TPSA) is 81.8 Å². The second kappa shape index (κ2) is 5.66. The summed E-state index contributed by atoms with van der Waals surface area (Å²) in [6.45, 7) is 7.42. The van der Waals surface area contributed by atoms with E-state index in [0.717, 1.165) is 0 Å². The van der Waals surface area contributed by atoms with Crippen LogP contribution in [0.3, 0.4) is 0 Å². The maximum absolute atomic E-state index is 12.7. The van der Waals surface area contributed by atoms with E-state index in [0.29, 0.717) is 4.90 Å². The molecule has 106 valence electrons. The van der Waals surface area contributed by atoms with E-state index in [1.807, 2.05) is 20.8 Å². The van der Waals surface area contributed by atoms with E-state index in [4.69, 9.17) is 4.18 Å². The standard InChI is InChI=1S/C12H18N2O4S/c1-5-18-19(17,13-12(2,3)4)11-8-6-10(7-9-11)14(15)16/h6-9H,5H2,1-4H3. The van der Waals surface area contributed by atoms with Crippen molar-refractivity contribution in [3.8, 4) is 0 Å². The quantitative estimate of drug-likeness (QED) is 0.628. The predicted molar refractivity (Wildman–Crippen MR) is 73.3 cm³/mol. The van der Waals surface area contributed by atoms with Crippen molar-refractivity contribution < 1.29 is 13.3 Å². The molecule has 0 fully saturated rings. The van der Waals surface area contributed by atoms with Crippen LogP contribution in [0.1, 0.15) is 27.7 Å². The lowest BCUT2D eigenvalue weighted by atomic mass is 10.1. The van der Waals surface area contributed by atoms with Gasteiger partial charge in [0, 0.05) is 12.1 Å². The molecular formula is C12H18N2O4S. The number of hydrogen-bond donors (Lipinski definition) is 0. The lowest BCUT2D eigenvalue weighted by Crippen LogP contribution is -2.16. The van der Waals surface area contributed by atoms with Crippen LogP contribution in [0.15, 0.2) is 33.5 Å². The normalized spacial score (nSPS) is 14.7. The highest BCUT2D eigenvalue weighted by Gasteiger charge is 2.19. The van der Waals surface area contributed by atoms with Gasteiger partial charge in [0.1, 0.15) is 0 Å². The third kappa shape index (κ3) is 4.29. The second-order valence-corrected chi connectivity index (χ2v) is 6.73. The largest absolute Gasteiger partial charge is 0.281 e. The van der Waals surface area contributed by atoms with Gasteiger partial charge in [0.25, 0.3) is 5.69 Å². The Morgan fingerprint density at radius 3 is 2.21 bits per heavy atom. The van der Waals surface area contributed by atoms with Crippen molar-refractivity contribution >= 4 is 15.7 Å². The van der Waals surface area contributed by atoms with Gasteiger partial charge in [-0.3, -0.25) is 14.3 Å². The SMILES string of the molecule is CCOS(=O)(=NC(C)(C)C)c1ccc([N+](=O)[O-])cc1. The van der Waals surface area contributed by atoms with Crippen LogP contribution < -0.4 is 0 Å². The Kier molecular flexibility index (Phi) is 4.65. The van der Waals surface area contributed by atoms with Crippen LogP contribution in [0.4, 0.5) is 5.69 Å². The van der Waals surface area contributed by atoms with Gasteiger partial charge in [0.15, 0.2) is 10.0 Å². The summed E-state index contributed by atoms with van der Waals surface area (Å²) in [4.78, 5) is 10.4. The number of hydrogen-bond acceptors (Lipinski definition) is 5. The zero-order valence-electron chi connectivity index (χ0n) is 11.5. The number of rotatable bonds is 4. The van der Waals surface area contributed by atoms with Crippen molar-refractivity contribution in [2.75, 3.05) is 6.61 Å². The molecule has 19 heavy (non-hydrogen) atoms. The fourth-order valence-corrected chi connectivity index (χ4v) is 3.22. The van der Waals surface area contributed by atoms with Gasteiger partial charge >= 0.3 is 0 Å². The minimum absolute atomic E-state index is 0.0576. The van der Waals surface area contributed by atoms with Gasteiger partial charge in [0.2, 0.25) is 0 Å². The fraction of sp³-hybridized carbons (Fsp3) is 0.500. The number of benzene rings is 1. The molecule has 0 aliphatic rings. The van der Waals surface area contributed by atoms with E-state index in [1.54, 1.807) is 6.92 Å². The minimum atomic E-state index is -3.02. The molecule has 1 aromatic carbocycles. The maximum Gasteiger partial charge on any atom is 0.269 e. The molecule has 0 saturated carbocycles. The van der Waals surface area contributed by atoms with E-state index in [1.165, 1.54) is 24.3 Å². The lowest BCUT2D eigenvalue weighted by molar-refractivity contribution is -0.384. The number of nitrogens with zero attached hydrogens (tertiary/aromatic N) is 2. The molecule has 6 nitrogen and oxygen atoms in total. The highest BCUT2D eigenvalue weighted by Crippen LogP contribution is 2.23. The molecular weight excluding hydrogens is 268 g/mol. The van der Waals surface area contributed by atoms with E-state index >= 15 is 0 Å². The predicted octanol–water partition coefficient (Wildman–Crippen LogP) is 3.17. The molecule has 1 atom stereocenters. The zero-order valence-corrected chi connectivity index (χ0v) is 12.3. The summed E-state index contributed by atoms with van der Waals surface area (Å²) in [5, 5.41) is 10.6. The maximum atomic E-state index is 12.7. The molecule has 0 amide bonds. The summed E-state index contributed by atoms with van der Waals surface area (Å²) in [6.07, 6.45) is 0. The summed E-state index contributed by atoms with van der Waals surface area (Å²) in [6, 6.07) is 5.44. The minimum Gasteiger partial charge on any atom is -0.281 e. The Bertz CT molecular complexity index is 566. The summed E-state index contributed by atoms with van der Waals surface area (Å²) in [7, 11) is -3.02. The van der Waals surface area contributed by atoms with E-state index in [-0.39, 0.29) is 12.3 Å². The Hall–Kier alpha value is -1.47. The molecule has 0 bridgehead atoms. The van der Waals surface area contributed by atoms with E-state index < -0.39 is 20.5 Å². The summed E-state index contributed by atoms with van der Waals surface area (Å²) < 4.78 is 22.2. The Balaban J connectivity index is 3.32. The zero-order chi connectivity index (χ0) is 14.7. The number of nitro benzene ring substituents is 1. The molecule has 0 spiro atoms. The molecule has 1 unspecified atom stereocenters. The second-order valence-electron chi connectivity index (χ2n) is 4.89. The lowest BCUT2D eigenvalue weighted by Gasteiger charge is -2.17. The Morgan fingerprint density at radius 2 is 1.84 bits per heavy atom. The fourth-order valence-electron chi connectivity index (χ4n) is 1.41. The average Bonchev–Trinajstić information content (AvgIpc) is 2.27. The first-order valence-electron chi connectivity index (χ1n) is 5.85. The molecule has 0 aliphatic carbocycles. The summed E-state index contributed by atoms with van der Waals surface area (Å²) in [5.74, 6) is 0. The Morgan fingerprint density at radius 1 is 1.32 bits per heavy atom. The average molecular weight is 286 g/mol. The van der Waals surface area contributed by atoms with Gasteiger partial charge in [-0.05, 0) is 39.8 Å². The Labute approximate surface area is 113 Å². The van der Waals surface area contributed by atoms with Gasteiger partial charge in [-0.25, -0.2) is 8.57 Å². The first kappa shape index (κ1) is 15.6. The van der Waals surface area contributed by atoms with Crippen LogP contribution in [0.5, 0.6) is 0 Å². The van der Waals surface area contributed by atoms with Gasteiger partial charge in [-0.15, -0.1) is 0 Å². The molecule has 7 heteroatoms. The van der Waals surface area contributed by atoms with Crippen molar-refractivity contribution in [1.29, 1.82) is 0 Å². The highest BCUT2D eigenvalue weighted by atomic mass is 32.2. The van der Waals surface area contributed by atoms with Gasteiger partial charge in [0.05, 0.1) is 22.0 Å².